The molecule has 3 nitrogen and oxygen atoms in total. The van der Waals surface area contributed by atoms with Gasteiger partial charge in [-0.2, -0.15) is 0 Å². The number of amides is 1. The van der Waals surface area contributed by atoms with E-state index in [0.29, 0.717) is 23.0 Å². The summed E-state index contributed by atoms with van der Waals surface area (Å²) in [6.45, 7) is 0.673. The molecule has 2 atom stereocenters. The van der Waals surface area contributed by atoms with E-state index in [0.717, 1.165) is 16.8 Å². The van der Waals surface area contributed by atoms with Crippen LogP contribution in [0.25, 0.3) is 0 Å². The van der Waals surface area contributed by atoms with Gasteiger partial charge in [0.05, 0.1) is 6.17 Å². The van der Waals surface area contributed by atoms with Crippen LogP contribution in [0.15, 0.2) is 42.5 Å². The lowest BCUT2D eigenvalue weighted by Crippen LogP contribution is -2.54. The van der Waals surface area contributed by atoms with E-state index in [1.54, 1.807) is 0 Å². The van der Waals surface area contributed by atoms with Gasteiger partial charge in [-0.1, -0.05) is 47.5 Å². The molecule has 2 aromatic carbocycles. The first-order chi connectivity index (χ1) is 10.7. The van der Waals surface area contributed by atoms with E-state index in [-0.39, 0.29) is 18.0 Å². The number of rotatable bonds is 1. The van der Waals surface area contributed by atoms with Gasteiger partial charge in [-0.15, -0.1) is 0 Å². The van der Waals surface area contributed by atoms with Crippen LogP contribution in [-0.4, -0.2) is 18.6 Å². The van der Waals surface area contributed by atoms with Crippen molar-refractivity contribution in [2.75, 3.05) is 11.4 Å². The first-order valence-corrected chi connectivity index (χ1v) is 8.02. The minimum Gasteiger partial charge on any atom is -0.296 e. The van der Waals surface area contributed by atoms with Crippen LogP contribution in [0.2, 0.25) is 10.0 Å². The fourth-order valence-corrected chi connectivity index (χ4v) is 4.14. The lowest BCUT2D eigenvalue weighted by Gasteiger charge is -2.34. The molecule has 2 aliphatic rings. The van der Waals surface area contributed by atoms with Crippen molar-refractivity contribution in [3.8, 4) is 0 Å². The molecular formula is C17H14Cl2N2O. The minimum absolute atomic E-state index is 0.0540. The Kier molecular flexibility index (Phi) is 3.37. The van der Waals surface area contributed by atoms with E-state index in [4.69, 9.17) is 23.2 Å². The summed E-state index contributed by atoms with van der Waals surface area (Å²) in [5.41, 5.74) is 2.92. The number of halogens is 2. The smallest absolute Gasteiger partial charge is 0.229 e. The summed E-state index contributed by atoms with van der Waals surface area (Å²) in [5.74, 6) is 0.0866. The SMILES string of the molecule is O=C1CCNC2C(c3c(Cl)cccc3Cl)c3ccccc3N12. The molecule has 0 saturated carbocycles. The Morgan fingerprint density at radius 2 is 1.77 bits per heavy atom. The maximum atomic E-state index is 12.4. The van der Waals surface area contributed by atoms with Gasteiger partial charge in [-0.05, 0) is 23.8 Å². The maximum absolute atomic E-state index is 12.4. The zero-order valence-electron chi connectivity index (χ0n) is 11.7. The molecule has 0 radical (unpaired) electrons. The quantitative estimate of drug-likeness (QED) is 0.861. The number of nitrogens with zero attached hydrogens (tertiary/aromatic N) is 1. The second-order valence-electron chi connectivity index (χ2n) is 5.58. The third-order valence-electron chi connectivity index (χ3n) is 4.40. The van der Waals surface area contributed by atoms with Gasteiger partial charge >= 0.3 is 0 Å². The Morgan fingerprint density at radius 1 is 1.05 bits per heavy atom. The highest BCUT2D eigenvalue weighted by Gasteiger charge is 2.45. The highest BCUT2D eigenvalue weighted by atomic mass is 35.5. The fourth-order valence-electron chi connectivity index (χ4n) is 3.51. The fraction of sp³-hybridized carbons (Fsp3) is 0.235. The highest BCUT2D eigenvalue weighted by molar-refractivity contribution is 6.36. The number of hydrogen-bond donors (Lipinski definition) is 1. The van der Waals surface area contributed by atoms with Crippen LogP contribution in [-0.2, 0) is 4.79 Å². The predicted molar refractivity (Wildman–Crippen MR) is 88.6 cm³/mol. The first-order valence-electron chi connectivity index (χ1n) is 7.27. The zero-order valence-corrected chi connectivity index (χ0v) is 13.2. The number of benzene rings is 2. The Morgan fingerprint density at radius 3 is 2.55 bits per heavy atom. The normalized spacial score (nSPS) is 23.4. The molecule has 2 aromatic rings. The molecule has 2 heterocycles. The molecule has 22 heavy (non-hydrogen) atoms. The summed E-state index contributed by atoms with van der Waals surface area (Å²) in [6.07, 6.45) is 0.379. The van der Waals surface area contributed by atoms with E-state index >= 15 is 0 Å². The van der Waals surface area contributed by atoms with E-state index in [1.165, 1.54) is 0 Å². The van der Waals surface area contributed by atoms with Crippen molar-refractivity contribution in [2.45, 2.75) is 18.5 Å². The van der Waals surface area contributed by atoms with Crippen molar-refractivity contribution in [3.05, 3.63) is 63.6 Å². The van der Waals surface area contributed by atoms with Crippen molar-refractivity contribution in [2.24, 2.45) is 0 Å². The molecule has 0 spiro atoms. The van der Waals surface area contributed by atoms with Gasteiger partial charge in [-0.3, -0.25) is 15.0 Å². The van der Waals surface area contributed by atoms with E-state index < -0.39 is 0 Å². The van der Waals surface area contributed by atoms with Gasteiger partial charge in [0, 0.05) is 40.2 Å². The van der Waals surface area contributed by atoms with Crippen LogP contribution in [0.5, 0.6) is 0 Å². The zero-order chi connectivity index (χ0) is 15.3. The summed E-state index contributed by atoms with van der Waals surface area (Å²) in [5, 5.41) is 4.72. The Bertz CT molecular complexity index is 742. The molecule has 0 aliphatic carbocycles. The molecular weight excluding hydrogens is 319 g/mol. The lowest BCUT2D eigenvalue weighted by molar-refractivity contribution is -0.120. The van der Waals surface area contributed by atoms with Crippen LogP contribution >= 0.6 is 23.2 Å². The molecule has 1 saturated heterocycles. The van der Waals surface area contributed by atoms with Gasteiger partial charge in [0.1, 0.15) is 0 Å². The lowest BCUT2D eigenvalue weighted by atomic mass is 9.90. The molecule has 2 aliphatic heterocycles. The van der Waals surface area contributed by atoms with Crippen molar-refractivity contribution in [3.63, 3.8) is 0 Å². The average Bonchev–Trinajstić information content (AvgIpc) is 2.83. The molecule has 5 heteroatoms. The number of carbonyl (C=O) groups is 1. The summed E-state index contributed by atoms with van der Waals surface area (Å²) in [4.78, 5) is 14.3. The number of fused-ring (bicyclic) bond motifs is 3. The van der Waals surface area contributed by atoms with Gasteiger partial charge in [0.15, 0.2) is 0 Å². The van der Waals surface area contributed by atoms with Crippen LogP contribution in [0.3, 0.4) is 0 Å². The number of para-hydroxylation sites is 1. The average molecular weight is 333 g/mol. The van der Waals surface area contributed by atoms with Crippen molar-refractivity contribution in [1.29, 1.82) is 0 Å². The number of hydrogen-bond acceptors (Lipinski definition) is 2. The van der Waals surface area contributed by atoms with Gasteiger partial charge in [-0.25, -0.2) is 0 Å². The van der Waals surface area contributed by atoms with Crippen molar-refractivity contribution >= 4 is 34.8 Å². The summed E-state index contributed by atoms with van der Waals surface area (Å²) < 4.78 is 0. The van der Waals surface area contributed by atoms with Crippen molar-refractivity contribution < 1.29 is 4.79 Å². The largest absolute Gasteiger partial charge is 0.296 e. The summed E-state index contributed by atoms with van der Waals surface area (Å²) >= 11 is 12.9. The molecule has 1 fully saturated rings. The molecule has 1 amide bonds. The number of anilines is 1. The topological polar surface area (TPSA) is 32.3 Å². The Labute approximate surface area is 138 Å². The van der Waals surface area contributed by atoms with Crippen LogP contribution in [0.4, 0.5) is 5.69 Å². The minimum atomic E-state index is -0.129. The third kappa shape index (κ3) is 1.97. The van der Waals surface area contributed by atoms with Crippen molar-refractivity contribution in [1.82, 2.24) is 5.32 Å². The number of carbonyl (C=O) groups excluding carboxylic acids is 1. The highest BCUT2D eigenvalue weighted by Crippen LogP contribution is 2.48. The standard InChI is InChI=1S/C17H14Cl2N2O/c18-11-5-3-6-12(19)16(11)15-10-4-1-2-7-13(10)21-14(22)8-9-20-17(15)21/h1-7,15,17,20H,8-9H2. The van der Waals surface area contributed by atoms with Gasteiger partial charge in [0.2, 0.25) is 5.91 Å². The van der Waals surface area contributed by atoms with Crippen LogP contribution in [0.1, 0.15) is 23.5 Å². The van der Waals surface area contributed by atoms with E-state index in [1.807, 2.05) is 47.4 Å². The van der Waals surface area contributed by atoms with E-state index in [9.17, 15) is 4.79 Å². The molecule has 1 N–H and O–H groups in total. The number of nitrogens with one attached hydrogen (secondary N) is 1. The molecule has 2 unspecified atom stereocenters. The van der Waals surface area contributed by atoms with Crippen LogP contribution < -0.4 is 10.2 Å². The second kappa shape index (κ2) is 5.27. The first kappa shape index (κ1) is 14.1. The molecule has 112 valence electrons. The maximum Gasteiger partial charge on any atom is 0.229 e. The second-order valence-corrected chi connectivity index (χ2v) is 6.40. The summed E-state index contributed by atoms with van der Waals surface area (Å²) in [7, 11) is 0. The van der Waals surface area contributed by atoms with Gasteiger partial charge < -0.3 is 0 Å². The predicted octanol–water partition coefficient (Wildman–Crippen LogP) is 3.79. The summed E-state index contributed by atoms with van der Waals surface area (Å²) in [6, 6.07) is 13.5. The third-order valence-corrected chi connectivity index (χ3v) is 5.06. The van der Waals surface area contributed by atoms with Crippen LogP contribution in [0, 0.1) is 0 Å². The van der Waals surface area contributed by atoms with Gasteiger partial charge in [0.25, 0.3) is 0 Å². The Hall–Kier alpha value is -1.55. The van der Waals surface area contributed by atoms with E-state index in [2.05, 4.69) is 5.32 Å². The molecule has 0 aromatic heterocycles. The molecule has 0 bridgehead atoms. The molecule has 4 rings (SSSR count). The Balaban J connectivity index is 1.94. The monoisotopic (exact) mass is 332 g/mol.